The average molecular weight is 241 g/mol. The molecule has 1 heterocycles. The molecule has 0 radical (unpaired) electrons. The molecule has 5 nitrogen and oxygen atoms in total. The zero-order valence-corrected chi connectivity index (χ0v) is 10.2. The summed E-state index contributed by atoms with van der Waals surface area (Å²) in [6.07, 6.45) is 3.81. The van der Waals surface area contributed by atoms with E-state index in [1.54, 1.807) is 12.1 Å². The molecular weight excluding hydrogens is 226 g/mol. The van der Waals surface area contributed by atoms with E-state index in [1.165, 1.54) is 0 Å². The Balaban J connectivity index is 1.96. The first-order chi connectivity index (χ1) is 8.69. The van der Waals surface area contributed by atoms with Gasteiger partial charge in [0.2, 0.25) is 0 Å². The Morgan fingerprint density at radius 2 is 2.33 bits per heavy atom. The van der Waals surface area contributed by atoms with E-state index < -0.39 is 0 Å². The van der Waals surface area contributed by atoms with E-state index in [0.717, 1.165) is 17.8 Å². The Kier molecular flexibility index (Phi) is 3.49. The molecule has 0 bridgehead atoms. The number of nitrogens with two attached hydrogens (primary N) is 1. The smallest absolute Gasteiger partial charge is 0.101 e. The second kappa shape index (κ2) is 5.23. The topological polar surface area (TPSA) is 79.7 Å². The summed E-state index contributed by atoms with van der Waals surface area (Å²) in [6, 6.07) is 7.39. The first kappa shape index (κ1) is 12.0. The summed E-state index contributed by atoms with van der Waals surface area (Å²) in [5, 5.41) is 16.4. The Morgan fingerprint density at radius 1 is 1.50 bits per heavy atom. The van der Waals surface area contributed by atoms with Crippen molar-refractivity contribution in [3.05, 3.63) is 41.7 Å². The van der Waals surface area contributed by atoms with E-state index in [4.69, 9.17) is 11.0 Å². The highest BCUT2D eigenvalue weighted by Crippen LogP contribution is 2.17. The standard InChI is InChI=1S/C13H15N5/c1-10-8-17-18(9-10)5-4-16-13-3-2-12(15)6-11(13)7-14/h2-3,6,8-9,16H,4-5,15H2,1H3. The molecule has 0 unspecified atom stereocenters. The van der Waals surface area contributed by atoms with Crippen LogP contribution in [0.1, 0.15) is 11.1 Å². The Labute approximate surface area is 106 Å². The predicted octanol–water partition coefficient (Wildman–Crippen LogP) is 1.76. The number of nitrogens with one attached hydrogen (secondary N) is 1. The minimum atomic E-state index is 0.562. The third kappa shape index (κ3) is 2.80. The Bertz CT molecular complexity index is 579. The van der Waals surface area contributed by atoms with Crippen molar-refractivity contribution in [2.45, 2.75) is 13.5 Å². The summed E-state index contributed by atoms with van der Waals surface area (Å²) in [6.45, 7) is 3.47. The van der Waals surface area contributed by atoms with Gasteiger partial charge < -0.3 is 11.1 Å². The number of anilines is 2. The molecule has 1 aromatic heterocycles. The van der Waals surface area contributed by atoms with E-state index in [2.05, 4.69) is 16.5 Å². The van der Waals surface area contributed by atoms with Gasteiger partial charge in [0.25, 0.3) is 0 Å². The lowest BCUT2D eigenvalue weighted by Crippen LogP contribution is -2.11. The van der Waals surface area contributed by atoms with Gasteiger partial charge in [-0.05, 0) is 30.7 Å². The van der Waals surface area contributed by atoms with Crippen LogP contribution in [-0.4, -0.2) is 16.3 Å². The van der Waals surface area contributed by atoms with Gasteiger partial charge in [-0.3, -0.25) is 4.68 Å². The molecule has 0 aliphatic heterocycles. The fourth-order valence-corrected chi connectivity index (χ4v) is 1.70. The molecule has 0 saturated carbocycles. The lowest BCUT2D eigenvalue weighted by atomic mass is 10.1. The summed E-state index contributed by atoms with van der Waals surface area (Å²) < 4.78 is 1.87. The molecule has 3 N–H and O–H groups in total. The lowest BCUT2D eigenvalue weighted by Gasteiger charge is -2.08. The maximum Gasteiger partial charge on any atom is 0.101 e. The quantitative estimate of drug-likeness (QED) is 0.799. The maximum absolute atomic E-state index is 9.00. The van der Waals surface area contributed by atoms with Gasteiger partial charge in [-0.1, -0.05) is 0 Å². The van der Waals surface area contributed by atoms with Crippen molar-refractivity contribution in [2.24, 2.45) is 0 Å². The van der Waals surface area contributed by atoms with Crippen LogP contribution in [0.5, 0.6) is 0 Å². The van der Waals surface area contributed by atoms with E-state index >= 15 is 0 Å². The van der Waals surface area contributed by atoms with Crippen LogP contribution in [0.3, 0.4) is 0 Å². The summed E-state index contributed by atoms with van der Waals surface area (Å²) in [5.41, 5.74) is 8.73. The van der Waals surface area contributed by atoms with E-state index in [1.807, 2.05) is 30.1 Å². The number of nitrogens with zero attached hydrogens (tertiary/aromatic N) is 3. The Morgan fingerprint density at radius 3 is 3.00 bits per heavy atom. The van der Waals surface area contributed by atoms with Gasteiger partial charge >= 0.3 is 0 Å². The molecule has 0 aliphatic rings. The van der Waals surface area contributed by atoms with Crippen molar-refractivity contribution in [1.82, 2.24) is 9.78 Å². The number of aryl methyl sites for hydroxylation is 1. The predicted molar refractivity (Wildman–Crippen MR) is 71.0 cm³/mol. The van der Waals surface area contributed by atoms with Crippen LogP contribution in [0.2, 0.25) is 0 Å². The van der Waals surface area contributed by atoms with E-state index in [9.17, 15) is 0 Å². The normalized spacial score (nSPS) is 10.0. The second-order valence-electron chi connectivity index (χ2n) is 4.12. The average Bonchev–Trinajstić information content (AvgIpc) is 2.77. The summed E-state index contributed by atoms with van der Waals surface area (Å²) in [7, 11) is 0. The van der Waals surface area contributed by atoms with Crippen molar-refractivity contribution in [1.29, 1.82) is 5.26 Å². The van der Waals surface area contributed by atoms with Crippen molar-refractivity contribution >= 4 is 11.4 Å². The Hall–Kier alpha value is -2.48. The van der Waals surface area contributed by atoms with Crippen LogP contribution in [0.25, 0.3) is 0 Å². The molecule has 0 aliphatic carbocycles. The number of rotatable bonds is 4. The first-order valence-electron chi connectivity index (χ1n) is 5.71. The molecular formula is C13H15N5. The molecule has 0 atom stereocenters. The summed E-state index contributed by atoms with van der Waals surface area (Å²) >= 11 is 0. The van der Waals surface area contributed by atoms with Crippen molar-refractivity contribution in [2.75, 3.05) is 17.6 Å². The minimum Gasteiger partial charge on any atom is -0.399 e. The molecule has 0 spiro atoms. The molecule has 2 aromatic rings. The van der Waals surface area contributed by atoms with Crippen molar-refractivity contribution < 1.29 is 0 Å². The monoisotopic (exact) mass is 241 g/mol. The molecule has 18 heavy (non-hydrogen) atoms. The SMILES string of the molecule is Cc1cnn(CCNc2ccc(N)cc2C#N)c1. The number of benzene rings is 1. The molecule has 0 fully saturated rings. The van der Waals surface area contributed by atoms with Crippen LogP contribution in [0.4, 0.5) is 11.4 Å². The van der Waals surface area contributed by atoms with E-state index in [0.29, 0.717) is 17.8 Å². The molecule has 92 valence electrons. The van der Waals surface area contributed by atoms with Crippen LogP contribution in [-0.2, 0) is 6.54 Å². The molecule has 5 heteroatoms. The number of aromatic nitrogens is 2. The van der Waals surface area contributed by atoms with E-state index in [-0.39, 0.29) is 0 Å². The van der Waals surface area contributed by atoms with Crippen LogP contribution < -0.4 is 11.1 Å². The van der Waals surface area contributed by atoms with Crippen LogP contribution >= 0.6 is 0 Å². The van der Waals surface area contributed by atoms with Gasteiger partial charge in [0.05, 0.1) is 24.0 Å². The maximum atomic E-state index is 9.00. The van der Waals surface area contributed by atoms with Gasteiger partial charge in [0.1, 0.15) is 6.07 Å². The molecule has 1 aromatic carbocycles. The highest BCUT2D eigenvalue weighted by atomic mass is 15.3. The van der Waals surface area contributed by atoms with Gasteiger partial charge in [0.15, 0.2) is 0 Å². The largest absolute Gasteiger partial charge is 0.399 e. The van der Waals surface area contributed by atoms with Crippen molar-refractivity contribution in [3.63, 3.8) is 0 Å². The molecule has 0 amide bonds. The van der Waals surface area contributed by atoms with Crippen molar-refractivity contribution in [3.8, 4) is 6.07 Å². The number of hydrogen-bond donors (Lipinski definition) is 2. The first-order valence-corrected chi connectivity index (χ1v) is 5.71. The highest BCUT2D eigenvalue weighted by Gasteiger charge is 2.01. The fourth-order valence-electron chi connectivity index (χ4n) is 1.70. The van der Waals surface area contributed by atoms with Gasteiger partial charge in [0, 0.05) is 18.4 Å². The minimum absolute atomic E-state index is 0.562. The molecule has 2 rings (SSSR count). The third-order valence-corrected chi connectivity index (χ3v) is 2.58. The van der Waals surface area contributed by atoms with Gasteiger partial charge in [-0.2, -0.15) is 10.4 Å². The fraction of sp³-hybridized carbons (Fsp3) is 0.231. The lowest BCUT2D eigenvalue weighted by molar-refractivity contribution is 0.637. The van der Waals surface area contributed by atoms with Crippen LogP contribution in [0, 0.1) is 18.3 Å². The second-order valence-corrected chi connectivity index (χ2v) is 4.12. The van der Waals surface area contributed by atoms with Gasteiger partial charge in [-0.15, -0.1) is 0 Å². The number of hydrogen-bond acceptors (Lipinski definition) is 4. The van der Waals surface area contributed by atoms with Crippen LogP contribution in [0.15, 0.2) is 30.6 Å². The summed E-state index contributed by atoms with van der Waals surface area (Å²) in [4.78, 5) is 0. The zero-order chi connectivity index (χ0) is 13.0. The summed E-state index contributed by atoms with van der Waals surface area (Å²) in [5.74, 6) is 0. The highest BCUT2D eigenvalue weighted by molar-refractivity contribution is 5.62. The van der Waals surface area contributed by atoms with Gasteiger partial charge in [-0.25, -0.2) is 0 Å². The number of nitrogen functional groups attached to an aromatic ring is 1. The molecule has 0 saturated heterocycles. The third-order valence-electron chi connectivity index (χ3n) is 2.58. The number of nitriles is 1. The zero-order valence-electron chi connectivity index (χ0n) is 10.2.